The Hall–Kier alpha value is -3.60. The summed E-state index contributed by atoms with van der Waals surface area (Å²) in [6, 6.07) is 22.0. The molecule has 0 aliphatic rings. The molecule has 3 aromatic rings. The molecule has 0 bridgehead atoms. The van der Waals surface area contributed by atoms with E-state index in [1.165, 1.54) is 0 Å². The summed E-state index contributed by atoms with van der Waals surface area (Å²) in [7, 11) is 1.59. The van der Waals surface area contributed by atoms with Crippen LogP contribution in [-0.4, -0.2) is 25.5 Å². The number of benzene rings is 3. The first kappa shape index (κ1) is 22.1. The Balaban J connectivity index is 1.72. The van der Waals surface area contributed by atoms with Crippen molar-refractivity contribution in [3.63, 3.8) is 0 Å². The first-order chi connectivity index (χ1) is 15.0. The third-order valence-electron chi connectivity index (χ3n) is 4.94. The molecule has 0 aliphatic carbocycles. The van der Waals surface area contributed by atoms with Gasteiger partial charge in [0.1, 0.15) is 5.75 Å². The molecule has 0 radical (unpaired) electrons. The second-order valence-electron chi connectivity index (χ2n) is 7.78. The molecule has 160 valence electrons. The molecule has 31 heavy (non-hydrogen) atoms. The molecule has 3 aromatic carbocycles. The minimum absolute atomic E-state index is 0.0773. The van der Waals surface area contributed by atoms with Crippen molar-refractivity contribution in [2.45, 2.75) is 20.3 Å². The summed E-state index contributed by atoms with van der Waals surface area (Å²) in [6.45, 7) is 4.92. The molecule has 0 saturated carbocycles. The van der Waals surface area contributed by atoms with E-state index in [4.69, 9.17) is 4.74 Å². The van der Waals surface area contributed by atoms with Gasteiger partial charge in [0.25, 0.3) is 11.8 Å². The molecule has 0 aromatic heterocycles. The topological polar surface area (TPSA) is 67.4 Å². The molecule has 0 unspecified atom stereocenters. The Labute approximate surface area is 183 Å². The molecular weight excluding hydrogens is 388 g/mol. The fraction of sp³-hybridized carbons (Fsp3) is 0.231. The number of amides is 2. The van der Waals surface area contributed by atoms with Gasteiger partial charge in [-0.3, -0.25) is 9.59 Å². The van der Waals surface area contributed by atoms with Crippen LogP contribution in [0.25, 0.3) is 11.1 Å². The second kappa shape index (κ2) is 10.4. The predicted octanol–water partition coefficient (Wildman–Crippen LogP) is 5.39. The van der Waals surface area contributed by atoms with Crippen molar-refractivity contribution in [3.8, 4) is 16.9 Å². The largest absolute Gasteiger partial charge is 0.497 e. The summed E-state index contributed by atoms with van der Waals surface area (Å²) in [4.78, 5) is 25.0. The first-order valence-corrected chi connectivity index (χ1v) is 10.4. The summed E-state index contributed by atoms with van der Waals surface area (Å²) in [5, 5.41) is 5.89. The summed E-state index contributed by atoms with van der Waals surface area (Å²) in [5.74, 6) is 0.971. The van der Waals surface area contributed by atoms with Gasteiger partial charge in [-0.05, 0) is 72.0 Å². The average molecular weight is 417 g/mol. The Kier molecular flexibility index (Phi) is 7.44. The maximum Gasteiger partial charge on any atom is 0.255 e. The third-order valence-corrected chi connectivity index (χ3v) is 4.94. The van der Waals surface area contributed by atoms with Crippen molar-refractivity contribution in [1.29, 1.82) is 0 Å². The molecule has 0 saturated heterocycles. The highest BCUT2D eigenvalue weighted by atomic mass is 16.5. The number of carbonyl (C=O) groups excluding carboxylic acids is 2. The van der Waals surface area contributed by atoms with E-state index in [0.29, 0.717) is 35.0 Å². The minimum Gasteiger partial charge on any atom is -0.497 e. The maximum absolute atomic E-state index is 12.5. The van der Waals surface area contributed by atoms with Crippen LogP contribution in [0.3, 0.4) is 0 Å². The van der Waals surface area contributed by atoms with E-state index in [9.17, 15) is 9.59 Å². The number of ether oxygens (including phenoxy) is 1. The van der Waals surface area contributed by atoms with Crippen LogP contribution in [0.2, 0.25) is 0 Å². The van der Waals surface area contributed by atoms with Gasteiger partial charge in [0.15, 0.2) is 0 Å². The minimum atomic E-state index is -0.196. The zero-order valence-corrected chi connectivity index (χ0v) is 18.1. The fourth-order valence-corrected chi connectivity index (χ4v) is 3.14. The van der Waals surface area contributed by atoms with Crippen molar-refractivity contribution in [3.05, 3.63) is 83.9 Å². The van der Waals surface area contributed by atoms with Crippen LogP contribution < -0.4 is 15.4 Å². The van der Waals surface area contributed by atoms with E-state index in [-0.39, 0.29) is 11.8 Å². The van der Waals surface area contributed by atoms with Gasteiger partial charge in [-0.25, -0.2) is 0 Å². The maximum atomic E-state index is 12.5. The van der Waals surface area contributed by atoms with E-state index < -0.39 is 0 Å². The second-order valence-corrected chi connectivity index (χ2v) is 7.78. The molecule has 0 aliphatic heterocycles. The molecule has 0 heterocycles. The summed E-state index contributed by atoms with van der Waals surface area (Å²) < 4.78 is 5.13. The van der Waals surface area contributed by atoms with Crippen LogP contribution in [-0.2, 0) is 0 Å². The van der Waals surface area contributed by atoms with Gasteiger partial charge in [-0.1, -0.05) is 38.1 Å². The van der Waals surface area contributed by atoms with Crippen molar-refractivity contribution in [2.75, 3.05) is 19.0 Å². The lowest BCUT2D eigenvalue weighted by Gasteiger charge is -2.10. The number of carbonyl (C=O) groups is 2. The monoisotopic (exact) mass is 416 g/mol. The van der Waals surface area contributed by atoms with Crippen molar-refractivity contribution < 1.29 is 14.3 Å². The normalized spacial score (nSPS) is 10.6. The molecule has 0 spiro atoms. The van der Waals surface area contributed by atoms with Gasteiger partial charge < -0.3 is 15.4 Å². The van der Waals surface area contributed by atoms with Crippen LogP contribution in [0.4, 0.5) is 5.69 Å². The highest BCUT2D eigenvalue weighted by Gasteiger charge is 2.10. The standard InChI is InChI=1S/C26H28N2O3/c1-18(2)14-15-27-25(29)22-8-4-6-20(16-22)21-7-5-9-23(17-21)28-26(30)19-10-12-24(31-3)13-11-19/h4-13,16-18H,14-15H2,1-3H3,(H,27,29)(H,28,30). The number of hydrogen-bond acceptors (Lipinski definition) is 3. The molecule has 2 N–H and O–H groups in total. The summed E-state index contributed by atoms with van der Waals surface area (Å²) in [6.07, 6.45) is 0.946. The number of anilines is 1. The molecule has 0 atom stereocenters. The van der Waals surface area contributed by atoms with Crippen LogP contribution in [0.5, 0.6) is 5.75 Å². The quantitative estimate of drug-likeness (QED) is 0.517. The van der Waals surface area contributed by atoms with Crippen LogP contribution in [0.15, 0.2) is 72.8 Å². The van der Waals surface area contributed by atoms with E-state index in [2.05, 4.69) is 24.5 Å². The summed E-state index contributed by atoms with van der Waals surface area (Å²) in [5.41, 5.74) is 3.69. The van der Waals surface area contributed by atoms with Crippen molar-refractivity contribution >= 4 is 17.5 Å². The van der Waals surface area contributed by atoms with Gasteiger partial charge in [-0.2, -0.15) is 0 Å². The van der Waals surface area contributed by atoms with E-state index in [0.717, 1.165) is 17.5 Å². The Morgan fingerprint density at radius 3 is 2.19 bits per heavy atom. The summed E-state index contributed by atoms with van der Waals surface area (Å²) >= 11 is 0. The number of nitrogens with one attached hydrogen (secondary N) is 2. The number of rotatable bonds is 8. The van der Waals surface area contributed by atoms with E-state index in [1.54, 1.807) is 31.4 Å². The van der Waals surface area contributed by atoms with Gasteiger partial charge in [0.2, 0.25) is 0 Å². The highest BCUT2D eigenvalue weighted by Crippen LogP contribution is 2.24. The van der Waals surface area contributed by atoms with Crippen LogP contribution >= 0.6 is 0 Å². The Bertz CT molecular complexity index is 1040. The Morgan fingerprint density at radius 2 is 1.52 bits per heavy atom. The molecule has 5 nitrogen and oxygen atoms in total. The number of methoxy groups -OCH3 is 1. The average Bonchev–Trinajstić information content (AvgIpc) is 2.79. The molecule has 5 heteroatoms. The van der Waals surface area contributed by atoms with Crippen molar-refractivity contribution in [2.24, 2.45) is 5.92 Å². The Morgan fingerprint density at radius 1 is 0.839 bits per heavy atom. The third kappa shape index (κ3) is 6.19. The predicted molar refractivity (Wildman–Crippen MR) is 125 cm³/mol. The van der Waals surface area contributed by atoms with Gasteiger partial charge >= 0.3 is 0 Å². The van der Waals surface area contributed by atoms with Crippen LogP contribution in [0, 0.1) is 5.92 Å². The first-order valence-electron chi connectivity index (χ1n) is 10.4. The zero-order valence-electron chi connectivity index (χ0n) is 18.1. The smallest absolute Gasteiger partial charge is 0.255 e. The van der Waals surface area contributed by atoms with Crippen molar-refractivity contribution in [1.82, 2.24) is 5.32 Å². The van der Waals surface area contributed by atoms with Gasteiger partial charge in [0, 0.05) is 23.4 Å². The van der Waals surface area contributed by atoms with E-state index >= 15 is 0 Å². The lowest BCUT2D eigenvalue weighted by molar-refractivity contribution is 0.0951. The van der Waals surface area contributed by atoms with Crippen LogP contribution in [0.1, 0.15) is 41.0 Å². The van der Waals surface area contributed by atoms with Gasteiger partial charge in [0.05, 0.1) is 7.11 Å². The number of hydrogen-bond donors (Lipinski definition) is 2. The fourth-order valence-electron chi connectivity index (χ4n) is 3.14. The molecule has 3 rings (SSSR count). The SMILES string of the molecule is COc1ccc(C(=O)Nc2cccc(-c3cccc(C(=O)NCCC(C)C)c3)c2)cc1. The molecule has 2 amide bonds. The van der Waals surface area contributed by atoms with E-state index in [1.807, 2.05) is 48.5 Å². The lowest BCUT2D eigenvalue weighted by atomic mass is 10.0. The zero-order chi connectivity index (χ0) is 22.2. The molecular formula is C26H28N2O3. The van der Waals surface area contributed by atoms with Gasteiger partial charge in [-0.15, -0.1) is 0 Å². The highest BCUT2D eigenvalue weighted by molar-refractivity contribution is 6.04. The lowest BCUT2D eigenvalue weighted by Crippen LogP contribution is -2.25. The molecule has 0 fully saturated rings.